The summed E-state index contributed by atoms with van der Waals surface area (Å²) in [4.78, 5) is 24.2. The van der Waals surface area contributed by atoms with Gasteiger partial charge in [0.15, 0.2) is 0 Å². The number of carboxylic acids is 1. The van der Waals surface area contributed by atoms with E-state index in [1.54, 1.807) is 0 Å². The number of benzene rings is 2. The molecule has 0 spiro atoms. The van der Waals surface area contributed by atoms with Crippen LogP contribution in [0.2, 0.25) is 5.02 Å². The molecule has 0 aliphatic carbocycles. The number of carbonyl (C=O) groups is 2. The number of aromatic carboxylic acids is 1. The van der Waals surface area contributed by atoms with Gasteiger partial charge in [-0.25, -0.2) is 4.79 Å². The highest BCUT2D eigenvalue weighted by Gasteiger charge is 2.19. The lowest BCUT2D eigenvalue weighted by molar-refractivity contribution is 0.0698. The first-order chi connectivity index (χ1) is 11.5. The van der Waals surface area contributed by atoms with Gasteiger partial charge in [-0.05, 0) is 24.3 Å². The molecule has 2 N–H and O–H groups in total. The number of carbonyl (C=O) groups excluding carboxylic acids is 1. The van der Waals surface area contributed by atoms with Crippen molar-refractivity contribution in [3.05, 3.63) is 63.5 Å². The average molecular weight is 356 g/mol. The predicted octanol–water partition coefficient (Wildman–Crippen LogP) is 4.49. The second-order valence-corrected chi connectivity index (χ2v) is 6.34. The summed E-state index contributed by atoms with van der Waals surface area (Å²) in [6.45, 7) is 0. The van der Waals surface area contributed by atoms with E-state index >= 15 is 0 Å². The van der Waals surface area contributed by atoms with Crippen LogP contribution in [-0.4, -0.2) is 17.0 Å². The number of hydrogen-bond acceptors (Lipinski definition) is 3. The SMILES string of the molecule is C#Cc1ccc(C(=O)O)c(NC(=O)c2sc3ccccc3c2Cl)c1. The molecule has 0 radical (unpaired) electrons. The number of fused-ring (bicyclic) bond motifs is 1. The van der Waals surface area contributed by atoms with E-state index in [9.17, 15) is 14.7 Å². The first-order valence-electron chi connectivity index (χ1n) is 6.83. The lowest BCUT2D eigenvalue weighted by Gasteiger charge is -2.08. The van der Waals surface area contributed by atoms with Crippen LogP contribution in [0.15, 0.2) is 42.5 Å². The van der Waals surface area contributed by atoms with Gasteiger partial charge in [0.2, 0.25) is 0 Å². The number of terminal acetylenes is 1. The summed E-state index contributed by atoms with van der Waals surface area (Å²) in [6, 6.07) is 11.7. The second-order valence-electron chi connectivity index (χ2n) is 4.91. The van der Waals surface area contributed by atoms with Gasteiger partial charge in [0.1, 0.15) is 4.88 Å². The molecule has 0 atom stereocenters. The Morgan fingerprint density at radius 2 is 1.96 bits per heavy atom. The summed E-state index contributed by atoms with van der Waals surface area (Å²) in [5.74, 6) is 0.781. The Balaban J connectivity index is 2.01. The van der Waals surface area contributed by atoms with Crippen LogP contribution in [0.5, 0.6) is 0 Å². The van der Waals surface area contributed by atoms with Crippen molar-refractivity contribution in [3.63, 3.8) is 0 Å². The molecule has 3 rings (SSSR count). The van der Waals surface area contributed by atoms with Gasteiger partial charge in [0.25, 0.3) is 5.91 Å². The maximum absolute atomic E-state index is 12.5. The largest absolute Gasteiger partial charge is 0.478 e. The van der Waals surface area contributed by atoms with Crippen LogP contribution in [0.25, 0.3) is 10.1 Å². The summed E-state index contributed by atoms with van der Waals surface area (Å²) in [7, 11) is 0. The summed E-state index contributed by atoms with van der Waals surface area (Å²) >= 11 is 7.52. The van der Waals surface area contributed by atoms with Crippen molar-refractivity contribution in [3.8, 4) is 12.3 Å². The van der Waals surface area contributed by atoms with Gasteiger partial charge in [-0.3, -0.25) is 4.79 Å². The first kappa shape index (κ1) is 16.1. The molecule has 6 heteroatoms. The van der Waals surface area contributed by atoms with Gasteiger partial charge in [0.05, 0.1) is 16.3 Å². The number of amides is 1. The molecule has 0 aliphatic rings. The molecule has 4 nitrogen and oxygen atoms in total. The highest BCUT2D eigenvalue weighted by atomic mass is 35.5. The van der Waals surface area contributed by atoms with Crippen LogP contribution in [-0.2, 0) is 0 Å². The molecule has 0 aliphatic heterocycles. The van der Waals surface area contributed by atoms with Crippen molar-refractivity contribution in [1.29, 1.82) is 0 Å². The molecule has 24 heavy (non-hydrogen) atoms. The molecule has 0 fully saturated rings. The van der Waals surface area contributed by atoms with Crippen molar-refractivity contribution in [2.75, 3.05) is 5.32 Å². The molecule has 3 aromatic rings. The Hall–Kier alpha value is -2.81. The van der Waals surface area contributed by atoms with Gasteiger partial charge < -0.3 is 10.4 Å². The molecule has 0 saturated carbocycles. The maximum atomic E-state index is 12.5. The molecule has 0 unspecified atom stereocenters. The summed E-state index contributed by atoms with van der Waals surface area (Å²) in [6.07, 6.45) is 5.33. The van der Waals surface area contributed by atoms with E-state index < -0.39 is 11.9 Å². The minimum Gasteiger partial charge on any atom is -0.478 e. The van der Waals surface area contributed by atoms with E-state index in [0.29, 0.717) is 15.5 Å². The standard InChI is InChI=1S/C18H10ClNO3S/c1-2-10-7-8-11(18(22)23)13(9-10)20-17(21)16-15(19)12-5-3-4-6-14(12)24-16/h1,3-9H,(H,20,21)(H,22,23). The van der Waals surface area contributed by atoms with Crippen molar-refractivity contribution in [2.45, 2.75) is 0 Å². The highest BCUT2D eigenvalue weighted by molar-refractivity contribution is 7.21. The van der Waals surface area contributed by atoms with Crippen molar-refractivity contribution < 1.29 is 14.7 Å². The number of nitrogens with one attached hydrogen (secondary N) is 1. The Bertz CT molecular complexity index is 1020. The normalized spacial score (nSPS) is 10.3. The quantitative estimate of drug-likeness (QED) is 0.680. The minimum absolute atomic E-state index is 0.0421. The zero-order valence-electron chi connectivity index (χ0n) is 12.2. The lowest BCUT2D eigenvalue weighted by Crippen LogP contribution is -2.14. The number of halogens is 1. The van der Waals surface area contributed by atoms with Crippen molar-refractivity contribution in [2.24, 2.45) is 0 Å². The number of carboxylic acid groups (broad SMARTS) is 1. The second kappa shape index (κ2) is 6.36. The number of hydrogen-bond donors (Lipinski definition) is 2. The minimum atomic E-state index is -1.16. The number of rotatable bonds is 3. The molecule has 1 aromatic heterocycles. The van der Waals surface area contributed by atoms with Crippen LogP contribution in [0.3, 0.4) is 0 Å². The van der Waals surface area contributed by atoms with Crippen LogP contribution < -0.4 is 5.32 Å². The van der Waals surface area contributed by atoms with Crippen molar-refractivity contribution >= 4 is 50.6 Å². The van der Waals surface area contributed by atoms with Gasteiger partial charge in [-0.15, -0.1) is 17.8 Å². The van der Waals surface area contributed by atoms with E-state index in [2.05, 4.69) is 11.2 Å². The number of thiophene rings is 1. The lowest BCUT2D eigenvalue weighted by atomic mass is 10.1. The zero-order chi connectivity index (χ0) is 17.3. The summed E-state index contributed by atoms with van der Waals surface area (Å²) in [5.41, 5.74) is 0.564. The van der Waals surface area contributed by atoms with Gasteiger partial charge in [-0.2, -0.15) is 0 Å². The smallest absolute Gasteiger partial charge is 0.337 e. The molecule has 118 valence electrons. The van der Waals surface area contributed by atoms with Crippen LogP contribution >= 0.6 is 22.9 Å². The topological polar surface area (TPSA) is 66.4 Å². The third kappa shape index (κ3) is 2.85. The fourth-order valence-electron chi connectivity index (χ4n) is 2.26. The van der Waals surface area contributed by atoms with E-state index in [1.807, 2.05) is 24.3 Å². The molecule has 1 amide bonds. The fraction of sp³-hybridized carbons (Fsp3) is 0. The van der Waals surface area contributed by atoms with E-state index in [4.69, 9.17) is 18.0 Å². The Morgan fingerprint density at radius 3 is 2.62 bits per heavy atom. The van der Waals surface area contributed by atoms with E-state index in [1.165, 1.54) is 29.5 Å². The molecular formula is C18H10ClNO3S. The Labute approximate surface area is 146 Å². The third-order valence-corrected chi connectivity index (χ3v) is 5.08. The maximum Gasteiger partial charge on any atom is 0.337 e. The fourth-order valence-corrected chi connectivity index (χ4v) is 3.68. The van der Waals surface area contributed by atoms with Gasteiger partial charge in [0, 0.05) is 15.6 Å². The van der Waals surface area contributed by atoms with Gasteiger partial charge in [-0.1, -0.05) is 35.7 Å². The summed E-state index contributed by atoms with van der Waals surface area (Å²) < 4.78 is 0.878. The van der Waals surface area contributed by atoms with Crippen LogP contribution in [0.1, 0.15) is 25.6 Å². The third-order valence-electron chi connectivity index (χ3n) is 3.41. The van der Waals surface area contributed by atoms with Crippen LogP contribution in [0, 0.1) is 12.3 Å². The Morgan fingerprint density at radius 1 is 1.21 bits per heavy atom. The zero-order valence-corrected chi connectivity index (χ0v) is 13.7. The molecule has 0 saturated heterocycles. The monoisotopic (exact) mass is 355 g/mol. The first-order valence-corrected chi connectivity index (χ1v) is 8.03. The van der Waals surface area contributed by atoms with Gasteiger partial charge >= 0.3 is 5.97 Å². The number of anilines is 1. The van der Waals surface area contributed by atoms with E-state index in [0.717, 1.165) is 10.1 Å². The summed E-state index contributed by atoms with van der Waals surface area (Å²) in [5, 5.41) is 13.0. The van der Waals surface area contributed by atoms with E-state index in [-0.39, 0.29) is 11.3 Å². The molecule has 0 bridgehead atoms. The average Bonchev–Trinajstić information content (AvgIpc) is 2.92. The molecule has 1 heterocycles. The molecular weight excluding hydrogens is 346 g/mol. The van der Waals surface area contributed by atoms with Crippen LogP contribution in [0.4, 0.5) is 5.69 Å². The predicted molar refractivity (Wildman–Crippen MR) is 96.1 cm³/mol. The van der Waals surface area contributed by atoms with Crippen molar-refractivity contribution in [1.82, 2.24) is 0 Å². The highest BCUT2D eigenvalue weighted by Crippen LogP contribution is 2.35. The Kier molecular flexibility index (Phi) is 4.26. The molecule has 2 aromatic carbocycles.